The van der Waals surface area contributed by atoms with Crippen LogP contribution in [0.4, 0.5) is 0 Å². The van der Waals surface area contributed by atoms with Crippen LogP contribution in [0, 0.1) is 23.7 Å². The van der Waals surface area contributed by atoms with Crippen LogP contribution in [0.5, 0.6) is 0 Å². The maximum absolute atomic E-state index is 10.4. The van der Waals surface area contributed by atoms with Crippen LogP contribution in [-0.2, 0) is 4.79 Å². The molecule has 1 fully saturated rings. The molecule has 0 heterocycles. The summed E-state index contributed by atoms with van der Waals surface area (Å²) in [6.45, 7) is 2.15. The van der Waals surface area contributed by atoms with Crippen LogP contribution >= 0.6 is 0 Å². The third kappa shape index (κ3) is 11.0. The Kier molecular flexibility index (Phi) is 10.5. The Morgan fingerprint density at radius 2 is 2.00 bits per heavy atom. The lowest BCUT2D eigenvalue weighted by atomic mass is 10.1. The summed E-state index contributed by atoms with van der Waals surface area (Å²) in [7, 11) is 0. The predicted molar refractivity (Wildman–Crippen MR) is 94.0 cm³/mol. The summed E-state index contributed by atoms with van der Waals surface area (Å²) in [5.74, 6) is 6.77. The minimum atomic E-state index is -0.681. The fourth-order valence-electron chi connectivity index (χ4n) is 2.96. The van der Waals surface area contributed by atoms with Crippen molar-refractivity contribution in [3.8, 4) is 11.8 Å². The molecule has 23 heavy (non-hydrogen) atoms. The van der Waals surface area contributed by atoms with Crippen molar-refractivity contribution >= 4 is 5.97 Å². The third-order valence-electron chi connectivity index (χ3n) is 4.52. The van der Waals surface area contributed by atoms with Crippen LogP contribution in [-0.4, -0.2) is 22.3 Å². The Labute approximate surface area is 141 Å². The van der Waals surface area contributed by atoms with Gasteiger partial charge in [0.15, 0.2) is 0 Å². The number of carboxylic acid groups (broad SMARTS) is 1. The van der Waals surface area contributed by atoms with Crippen molar-refractivity contribution in [2.24, 2.45) is 11.8 Å². The van der Waals surface area contributed by atoms with Gasteiger partial charge in [0.05, 0.1) is 0 Å². The van der Waals surface area contributed by atoms with E-state index in [2.05, 4.69) is 24.8 Å². The van der Waals surface area contributed by atoms with E-state index in [9.17, 15) is 9.90 Å². The summed E-state index contributed by atoms with van der Waals surface area (Å²) in [4.78, 5) is 10.4. The van der Waals surface area contributed by atoms with Crippen LogP contribution in [0.25, 0.3) is 0 Å². The van der Waals surface area contributed by atoms with Crippen molar-refractivity contribution in [2.75, 3.05) is 0 Å². The van der Waals surface area contributed by atoms with Crippen molar-refractivity contribution in [3.63, 3.8) is 0 Å². The van der Waals surface area contributed by atoms with Crippen LogP contribution in [0.1, 0.15) is 77.6 Å². The van der Waals surface area contributed by atoms with Crippen LogP contribution in [0.3, 0.4) is 0 Å². The highest BCUT2D eigenvalue weighted by Crippen LogP contribution is 2.45. The van der Waals surface area contributed by atoms with Crippen LogP contribution < -0.4 is 0 Å². The molecule has 0 saturated heterocycles. The van der Waals surface area contributed by atoms with Gasteiger partial charge in [-0.15, -0.1) is 0 Å². The second-order valence-electron chi connectivity index (χ2n) is 6.68. The summed E-state index contributed by atoms with van der Waals surface area (Å²) >= 11 is 0. The number of aliphatic carboxylic acids is 1. The molecule has 0 radical (unpaired) electrons. The number of unbranched alkanes of at least 4 members (excludes halogenated alkanes) is 3. The Morgan fingerprint density at radius 3 is 2.74 bits per heavy atom. The zero-order valence-corrected chi connectivity index (χ0v) is 14.5. The lowest BCUT2D eigenvalue weighted by Gasteiger charge is -2.00. The SMILES string of the molecule is CCCCC[C@H](O)C#CC=CCC[C@H]1C[C@H]1CCCCC(=O)O. The summed E-state index contributed by atoms with van der Waals surface area (Å²) in [6.07, 6.45) is 14.6. The first kappa shape index (κ1) is 19.8. The minimum absolute atomic E-state index is 0.309. The molecular formula is C20H32O3. The molecule has 2 N–H and O–H groups in total. The van der Waals surface area contributed by atoms with Crippen molar-refractivity contribution in [2.45, 2.75) is 83.7 Å². The summed E-state index contributed by atoms with van der Waals surface area (Å²) in [5.41, 5.74) is 0. The maximum atomic E-state index is 10.4. The molecule has 0 spiro atoms. The van der Waals surface area contributed by atoms with E-state index < -0.39 is 12.1 Å². The topological polar surface area (TPSA) is 57.5 Å². The summed E-state index contributed by atoms with van der Waals surface area (Å²) in [5, 5.41) is 18.2. The number of allylic oxidation sites excluding steroid dienone is 2. The quantitative estimate of drug-likeness (QED) is 0.410. The molecule has 1 rings (SSSR count). The Hall–Kier alpha value is -1.27. The van der Waals surface area contributed by atoms with Gasteiger partial charge in [-0.1, -0.05) is 50.5 Å². The van der Waals surface area contributed by atoms with Gasteiger partial charge in [0.2, 0.25) is 0 Å². The van der Waals surface area contributed by atoms with Gasteiger partial charge in [0, 0.05) is 6.42 Å². The van der Waals surface area contributed by atoms with Gasteiger partial charge in [-0.3, -0.25) is 4.79 Å². The van der Waals surface area contributed by atoms with Gasteiger partial charge < -0.3 is 10.2 Å². The molecule has 0 aromatic heterocycles. The number of rotatable bonds is 12. The Morgan fingerprint density at radius 1 is 1.22 bits per heavy atom. The number of carbonyl (C=O) groups is 1. The first-order valence-electron chi connectivity index (χ1n) is 9.19. The number of hydrogen-bond acceptors (Lipinski definition) is 2. The second-order valence-corrected chi connectivity index (χ2v) is 6.68. The van der Waals surface area contributed by atoms with Gasteiger partial charge in [-0.2, -0.15) is 0 Å². The monoisotopic (exact) mass is 320 g/mol. The van der Waals surface area contributed by atoms with Crippen molar-refractivity contribution < 1.29 is 15.0 Å². The first-order chi connectivity index (χ1) is 11.1. The molecule has 0 aliphatic heterocycles. The van der Waals surface area contributed by atoms with Crippen molar-refractivity contribution in [1.82, 2.24) is 0 Å². The molecule has 0 unspecified atom stereocenters. The highest BCUT2D eigenvalue weighted by Gasteiger charge is 2.34. The average molecular weight is 320 g/mol. The van der Waals surface area contributed by atoms with E-state index in [1.54, 1.807) is 0 Å². The molecule has 0 aromatic rings. The maximum Gasteiger partial charge on any atom is 0.303 e. The highest BCUT2D eigenvalue weighted by atomic mass is 16.4. The number of aliphatic hydroxyl groups excluding tert-OH is 1. The van der Waals surface area contributed by atoms with Gasteiger partial charge in [-0.05, 0) is 56.4 Å². The Balaban J connectivity index is 1.98. The molecule has 0 bridgehead atoms. The molecule has 1 aliphatic rings. The number of carboxylic acids is 1. The van der Waals surface area contributed by atoms with Crippen molar-refractivity contribution in [3.05, 3.63) is 12.2 Å². The first-order valence-corrected chi connectivity index (χ1v) is 9.19. The largest absolute Gasteiger partial charge is 0.481 e. The molecule has 130 valence electrons. The molecule has 3 nitrogen and oxygen atoms in total. The minimum Gasteiger partial charge on any atom is -0.481 e. The van der Waals surface area contributed by atoms with Crippen LogP contribution in [0.2, 0.25) is 0 Å². The molecule has 3 atom stereocenters. The molecular weight excluding hydrogens is 288 g/mol. The van der Waals surface area contributed by atoms with Gasteiger partial charge >= 0.3 is 5.97 Å². The van der Waals surface area contributed by atoms with E-state index in [1.165, 1.54) is 25.7 Å². The van der Waals surface area contributed by atoms with Gasteiger partial charge in [-0.25, -0.2) is 0 Å². The van der Waals surface area contributed by atoms with E-state index >= 15 is 0 Å². The van der Waals surface area contributed by atoms with E-state index in [0.29, 0.717) is 6.42 Å². The molecule has 0 aromatic carbocycles. The molecule has 0 amide bonds. The van der Waals surface area contributed by atoms with Crippen LogP contribution in [0.15, 0.2) is 12.2 Å². The summed E-state index contributed by atoms with van der Waals surface area (Å²) < 4.78 is 0. The number of hydrogen-bond donors (Lipinski definition) is 2. The molecule has 1 saturated carbocycles. The number of aliphatic hydroxyl groups is 1. The van der Waals surface area contributed by atoms with Crippen molar-refractivity contribution in [1.29, 1.82) is 0 Å². The van der Waals surface area contributed by atoms with E-state index in [4.69, 9.17) is 5.11 Å². The zero-order chi connectivity index (χ0) is 16.9. The predicted octanol–water partition coefficient (Wildman–Crippen LogP) is 4.55. The highest BCUT2D eigenvalue weighted by molar-refractivity contribution is 5.66. The lowest BCUT2D eigenvalue weighted by Crippen LogP contribution is -2.01. The van der Waals surface area contributed by atoms with Gasteiger partial charge in [0.1, 0.15) is 6.10 Å². The normalized spacial score (nSPS) is 21.0. The van der Waals surface area contributed by atoms with Gasteiger partial charge in [0.25, 0.3) is 0 Å². The third-order valence-corrected chi connectivity index (χ3v) is 4.52. The fraction of sp³-hybridized carbons (Fsp3) is 0.750. The lowest BCUT2D eigenvalue weighted by molar-refractivity contribution is -0.137. The summed E-state index contributed by atoms with van der Waals surface area (Å²) in [6, 6.07) is 0. The smallest absolute Gasteiger partial charge is 0.303 e. The standard InChI is InChI=1S/C20H32O3/c1-2-3-6-13-19(21)14-8-5-4-7-11-17-16-18(17)12-9-10-15-20(22)23/h4-5,17-19,21H,2-3,6-7,9-13,15-16H2,1H3,(H,22,23)/t17-,18+,19-/m0/s1. The van der Waals surface area contributed by atoms with E-state index in [-0.39, 0.29) is 0 Å². The Bertz CT molecular complexity index is 416. The molecule has 3 heteroatoms. The van der Waals surface area contributed by atoms with E-state index in [1.807, 2.05) is 6.08 Å². The fourth-order valence-corrected chi connectivity index (χ4v) is 2.96. The molecule has 1 aliphatic carbocycles. The zero-order valence-electron chi connectivity index (χ0n) is 14.5. The van der Waals surface area contributed by atoms with E-state index in [0.717, 1.165) is 50.4 Å². The second kappa shape index (κ2) is 12.2. The average Bonchev–Trinajstić information content (AvgIpc) is 3.26.